The van der Waals surface area contributed by atoms with Crippen molar-refractivity contribution in [2.45, 2.75) is 40.5 Å². The van der Waals surface area contributed by atoms with Crippen LogP contribution in [0.5, 0.6) is 0 Å². The smallest absolute Gasteiger partial charge is 0.308 e. The zero-order chi connectivity index (χ0) is 12.9. The average Bonchev–Trinajstić information content (AvgIpc) is 2.12. The number of aliphatic carboxylic acids is 1. The molecule has 4 nitrogen and oxygen atoms in total. The first-order chi connectivity index (χ1) is 7.13. The van der Waals surface area contributed by atoms with Gasteiger partial charge in [-0.25, -0.2) is 0 Å². The van der Waals surface area contributed by atoms with Gasteiger partial charge in [0, 0.05) is 20.0 Å². The highest BCUT2D eigenvalue weighted by Gasteiger charge is 2.19. The summed E-state index contributed by atoms with van der Waals surface area (Å²) in [7, 11) is 1.66. The van der Waals surface area contributed by atoms with E-state index in [9.17, 15) is 9.59 Å². The summed E-state index contributed by atoms with van der Waals surface area (Å²) < 4.78 is 0. The molecule has 0 radical (unpaired) electrons. The van der Waals surface area contributed by atoms with Crippen LogP contribution >= 0.6 is 0 Å². The summed E-state index contributed by atoms with van der Waals surface area (Å²) in [6, 6.07) is 0. The van der Waals surface area contributed by atoms with Gasteiger partial charge in [-0.15, -0.1) is 0 Å². The van der Waals surface area contributed by atoms with Gasteiger partial charge in [0.2, 0.25) is 5.91 Å². The summed E-state index contributed by atoms with van der Waals surface area (Å²) in [6.07, 6.45) is 1.30. The summed E-state index contributed by atoms with van der Waals surface area (Å²) in [4.78, 5) is 23.8. The molecule has 0 aliphatic carbocycles. The molecule has 0 saturated carbocycles. The van der Waals surface area contributed by atoms with Crippen LogP contribution in [0.15, 0.2) is 0 Å². The molecule has 1 amide bonds. The Morgan fingerprint density at radius 1 is 1.31 bits per heavy atom. The quantitative estimate of drug-likeness (QED) is 0.784. The number of amides is 1. The van der Waals surface area contributed by atoms with Gasteiger partial charge in [0.15, 0.2) is 0 Å². The fourth-order valence-electron chi connectivity index (χ4n) is 1.26. The van der Waals surface area contributed by atoms with Crippen LogP contribution in [0.4, 0.5) is 0 Å². The van der Waals surface area contributed by atoms with Crippen LogP contribution in [-0.2, 0) is 9.59 Å². The first-order valence-corrected chi connectivity index (χ1v) is 5.60. The Labute approximate surface area is 97.6 Å². The molecular weight excluding hydrogens is 206 g/mol. The Morgan fingerprint density at radius 2 is 1.81 bits per heavy atom. The maximum atomic E-state index is 11.7. The number of hydrogen-bond donors (Lipinski definition) is 1. The van der Waals surface area contributed by atoms with Gasteiger partial charge in [-0.2, -0.15) is 0 Å². The number of carboxylic acids is 1. The summed E-state index contributed by atoms with van der Waals surface area (Å²) in [5.41, 5.74) is 0.134. The summed E-state index contributed by atoms with van der Waals surface area (Å²) in [5.74, 6) is -1.36. The van der Waals surface area contributed by atoms with Gasteiger partial charge in [0.25, 0.3) is 0 Å². The zero-order valence-corrected chi connectivity index (χ0v) is 10.9. The molecule has 0 spiro atoms. The lowest BCUT2D eigenvalue weighted by atomic mass is 9.90. The predicted molar refractivity (Wildman–Crippen MR) is 63.1 cm³/mol. The molecule has 0 fully saturated rings. The highest BCUT2D eigenvalue weighted by Crippen LogP contribution is 2.21. The minimum atomic E-state index is -0.865. The predicted octanol–water partition coefficient (Wildman–Crippen LogP) is 1.99. The van der Waals surface area contributed by atoms with Gasteiger partial charge in [-0.3, -0.25) is 9.59 Å². The minimum absolute atomic E-state index is 0.0167. The van der Waals surface area contributed by atoms with Crippen molar-refractivity contribution in [3.8, 4) is 0 Å². The van der Waals surface area contributed by atoms with Crippen molar-refractivity contribution in [1.29, 1.82) is 0 Å². The van der Waals surface area contributed by atoms with E-state index in [4.69, 9.17) is 5.11 Å². The Bertz CT molecular complexity index is 255. The van der Waals surface area contributed by atoms with Crippen molar-refractivity contribution in [3.63, 3.8) is 0 Å². The Balaban J connectivity index is 4.05. The van der Waals surface area contributed by atoms with E-state index in [-0.39, 0.29) is 17.9 Å². The van der Waals surface area contributed by atoms with E-state index in [1.165, 1.54) is 4.90 Å². The Morgan fingerprint density at radius 3 is 2.19 bits per heavy atom. The lowest BCUT2D eigenvalue weighted by molar-refractivity contribution is -0.142. The number of hydrogen-bond acceptors (Lipinski definition) is 2. The molecule has 1 N–H and O–H groups in total. The second kappa shape index (κ2) is 5.87. The van der Waals surface area contributed by atoms with E-state index in [0.717, 1.165) is 6.42 Å². The summed E-state index contributed by atoms with van der Waals surface area (Å²) in [5, 5.41) is 8.73. The van der Waals surface area contributed by atoms with Gasteiger partial charge in [0.05, 0.1) is 5.92 Å². The van der Waals surface area contributed by atoms with Crippen LogP contribution < -0.4 is 0 Å². The van der Waals surface area contributed by atoms with Crippen LogP contribution in [-0.4, -0.2) is 35.5 Å². The van der Waals surface area contributed by atoms with Gasteiger partial charge in [-0.05, 0) is 11.8 Å². The lowest BCUT2D eigenvalue weighted by Crippen LogP contribution is -2.34. The van der Waals surface area contributed by atoms with Crippen LogP contribution in [0.1, 0.15) is 40.5 Å². The minimum Gasteiger partial charge on any atom is -0.481 e. The van der Waals surface area contributed by atoms with Gasteiger partial charge >= 0.3 is 5.97 Å². The number of rotatable bonds is 5. The molecule has 0 bridgehead atoms. The average molecular weight is 229 g/mol. The first kappa shape index (κ1) is 14.9. The van der Waals surface area contributed by atoms with Crippen LogP contribution in [0.3, 0.4) is 0 Å². The first-order valence-electron chi connectivity index (χ1n) is 5.60. The molecular formula is C12H23NO3. The Kier molecular flexibility index (Phi) is 5.48. The van der Waals surface area contributed by atoms with E-state index < -0.39 is 11.9 Å². The maximum absolute atomic E-state index is 11.7. The third kappa shape index (κ3) is 6.43. The molecule has 1 atom stereocenters. The molecule has 0 heterocycles. The standard InChI is InChI=1S/C12H23NO3/c1-9(11(15)16)8-13(5)10(14)6-7-12(2,3)4/h9H,6-8H2,1-5H3,(H,15,16). The highest BCUT2D eigenvalue weighted by molar-refractivity contribution is 5.77. The van der Waals surface area contributed by atoms with E-state index in [1.807, 2.05) is 0 Å². The fraction of sp³-hybridized carbons (Fsp3) is 0.833. The normalized spacial score (nSPS) is 13.3. The molecule has 0 aliphatic heterocycles. The van der Waals surface area contributed by atoms with Crippen molar-refractivity contribution < 1.29 is 14.7 Å². The molecule has 0 aromatic carbocycles. The third-order valence-electron chi connectivity index (χ3n) is 2.48. The van der Waals surface area contributed by atoms with Crippen LogP contribution in [0.25, 0.3) is 0 Å². The zero-order valence-electron chi connectivity index (χ0n) is 10.9. The van der Waals surface area contributed by atoms with Crippen molar-refractivity contribution in [2.24, 2.45) is 11.3 Å². The Hall–Kier alpha value is -1.06. The number of carbonyl (C=O) groups is 2. The van der Waals surface area contributed by atoms with E-state index in [0.29, 0.717) is 6.42 Å². The number of nitrogens with zero attached hydrogens (tertiary/aromatic N) is 1. The van der Waals surface area contributed by atoms with E-state index in [2.05, 4.69) is 20.8 Å². The third-order valence-corrected chi connectivity index (χ3v) is 2.48. The lowest BCUT2D eigenvalue weighted by Gasteiger charge is -2.22. The second-order valence-corrected chi connectivity index (χ2v) is 5.57. The molecule has 94 valence electrons. The highest BCUT2D eigenvalue weighted by atomic mass is 16.4. The second-order valence-electron chi connectivity index (χ2n) is 5.57. The largest absolute Gasteiger partial charge is 0.481 e. The van der Waals surface area contributed by atoms with Gasteiger partial charge in [0.1, 0.15) is 0 Å². The monoisotopic (exact) mass is 229 g/mol. The van der Waals surface area contributed by atoms with Crippen LogP contribution in [0.2, 0.25) is 0 Å². The molecule has 0 saturated heterocycles. The van der Waals surface area contributed by atoms with E-state index in [1.54, 1.807) is 14.0 Å². The fourth-order valence-corrected chi connectivity index (χ4v) is 1.26. The van der Waals surface area contributed by atoms with Crippen LogP contribution in [0, 0.1) is 11.3 Å². The summed E-state index contributed by atoms with van der Waals surface area (Å²) >= 11 is 0. The molecule has 0 aromatic heterocycles. The molecule has 0 rings (SSSR count). The SMILES string of the molecule is CC(CN(C)C(=O)CCC(C)(C)C)C(=O)O. The topological polar surface area (TPSA) is 57.6 Å². The van der Waals surface area contributed by atoms with Crippen molar-refractivity contribution in [1.82, 2.24) is 4.90 Å². The van der Waals surface area contributed by atoms with E-state index >= 15 is 0 Å². The van der Waals surface area contributed by atoms with Crippen molar-refractivity contribution >= 4 is 11.9 Å². The number of carbonyl (C=O) groups excluding carboxylic acids is 1. The molecule has 0 aliphatic rings. The molecule has 1 unspecified atom stereocenters. The number of carboxylic acid groups (broad SMARTS) is 1. The van der Waals surface area contributed by atoms with Gasteiger partial charge < -0.3 is 10.0 Å². The van der Waals surface area contributed by atoms with Crippen molar-refractivity contribution in [3.05, 3.63) is 0 Å². The maximum Gasteiger partial charge on any atom is 0.308 e. The molecule has 0 aromatic rings. The van der Waals surface area contributed by atoms with Crippen molar-refractivity contribution in [2.75, 3.05) is 13.6 Å². The summed E-state index contributed by atoms with van der Waals surface area (Å²) in [6.45, 7) is 8.13. The van der Waals surface area contributed by atoms with Gasteiger partial charge in [-0.1, -0.05) is 27.7 Å². The molecule has 16 heavy (non-hydrogen) atoms. The molecule has 4 heteroatoms.